The van der Waals surface area contributed by atoms with Gasteiger partial charge in [-0.25, -0.2) is 0 Å². The Morgan fingerprint density at radius 1 is 0.808 bits per heavy atom. The van der Waals surface area contributed by atoms with Crippen LogP contribution >= 0.6 is 0 Å². The van der Waals surface area contributed by atoms with E-state index in [-0.39, 0.29) is 31.0 Å². The zero-order valence-corrected chi connectivity index (χ0v) is 15.5. The summed E-state index contributed by atoms with van der Waals surface area (Å²) in [6, 6.07) is 0.284. The van der Waals surface area contributed by atoms with Gasteiger partial charge in [-0.3, -0.25) is 14.4 Å². The van der Waals surface area contributed by atoms with Gasteiger partial charge in [0.25, 0.3) is 11.8 Å². The van der Waals surface area contributed by atoms with E-state index in [4.69, 9.17) is 0 Å². The van der Waals surface area contributed by atoms with Crippen LogP contribution in [0.3, 0.4) is 0 Å². The molecule has 6 heteroatoms. The van der Waals surface area contributed by atoms with Gasteiger partial charge in [0.1, 0.15) is 0 Å². The van der Waals surface area contributed by atoms with Gasteiger partial charge in [0.2, 0.25) is 5.78 Å². The number of likely N-dealkylation sites (tertiary alicyclic amines) is 2. The lowest BCUT2D eigenvalue weighted by atomic mass is 9.84. The van der Waals surface area contributed by atoms with Crippen LogP contribution in [0, 0.1) is 5.92 Å². The molecule has 2 aliphatic heterocycles. The molecule has 2 saturated heterocycles. The number of nitrogens with zero attached hydrogens (tertiary/aromatic N) is 2. The van der Waals surface area contributed by atoms with Gasteiger partial charge < -0.3 is 14.9 Å². The van der Waals surface area contributed by atoms with E-state index in [1.807, 2.05) is 0 Å². The first-order valence-corrected chi connectivity index (χ1v) is 10.4. The van der Waals surface area contributed by atoms with Gasteiger partial charge in [-0.05, 0) is 25.7 Å². The molecule has 2 saturated carbocycles. The molecule has 4 aliphatic rings. The zero-order chi connectivity index (χ0) is 18.3. The summed E-state index contributed by atoms with van der Waals surface area (Å²) < 4.78 is 0. The molecule has 0 unspecified atom stereocenters. The average Bonchev–Trinajstić information content (AvgIpc) is 3.15. The molecule has 0 aromatic rings. The third-order valence-electron chi connectivity index (χ3n) is 7.14. The molecule has 4 fully saturated rings. The third-order valence-corrected chi connectivity index (χ3v) is 7.14. The summed E-state index contributed by atoms with van der Waals surface area (Å²) >= 11 is 0. The topological polar surface area (TPSA) is 77.9 Å². The van der Waals surface area contributed by atoms with Gasteiger partial charge >= 0.3 is 0 Å². The van der Waals surface area contributed by atoms with Crippen LogP contribution in [0.5, 0.6) is 0 Å². The van der Waals surface area contributed by atoms with Crippen LogP contribution in [0.1, 0.15) is 70.6 Å². The minimum Gasteiger partial charge on any atom is -0.379 e. The Morgan fingerprint density at radius 3 is 1.92 bits per heavy atom. The van der Waals surface area contributed by atoms with E-state index in [0.29, 0.717) is 6.54 Å². The number of rotatable bonds is 3. The number of carbonyl (C=O) groups is 3. The van der Waals surface area contributed by atoms with Crippen LogP contribution in [0.4, 0.5) is 0 Å². The summed E-state index contributed by atoms with van der Waals surface area (Å²) in [5.74, 6) is -2.25. The number of hydrogen-bond acceptors (Lipinski definition) is 4. The molecule has 1 N–H and O–H groups in total. The Labute approximate surface area is 154 Å². The van der Waals surface area contributed by atoms with Gasteiger partial charge in [0.15, 0.2) is 5.60 Å². The van der Waals surface area contributed by atoms with Crippen LogP contribution in [-0.4, -0.2) is 63.3 Å². The third kappa shape index (κ3) is 2.86. The Bertz CT molecular complexity index is 595. The molecule has 6 nitrogen and oxygen atoms in total. The molecular weight excluding hydrogens is 332 g/mol. The molecule has 0 spiro atoms. The molecule has 0 aromatic carbocycles. The van der Waals surface area contributed by atoms with Gasteiger partial charge in [-0.2, -0.15) is 0 Å². The molecule has 0 radical (unpaired) electrons. The van der Waals surface area contributed by atoms with Crippen molar-refractivity contribution in [1.29, 1.82) is 0 Å². The number of carbonyl (C=O) groups excluding carboxylic acids is 3. The van der Waals surface area contributed by atoms with Crippen molar-refractivity contribution >= 4 is 17.6 Å². The molecular formula is C20H30N2O4. The number of amides is 2. The minimum absolute atomic E-state index is 0.0970. The number of Topliss-reactive ketones (excluding diaryl/α,β-unsaturated/α-hetero) is 1. The highest BCUT2D eigenvalue weighted by Crippen LogP contribution is 2.39. The van der Waals surface area contributed by atoms with Crippen molar-refractivity contribution in [2.75, 3.05) is 13.1 Å². The second kappa shape index (κ2) is 6.95. The molecule has 0 bridgehead atoms. The number of ketones is 1. The lowest BCUT2D eigenvalue weighted by molar-refractivity contribution is -0.154. The standard InChI is InChI=1S/C20H30N2O4/c23-17-16(13-22(18(17)24)15-9-5-2-6-10-15)20(26)11-12-21(19(20)25)14-7-3-1-4-8-14/h14-16,26H,1-13H2/t16-,20+/m0/s1. The second-order valence-electron chi connectivity index (χ2n) is 8.63. The Balaban J connectivity index is 1.50. The van der Waals surface area contributed by atoms with E-state index in [9.17, 15) is 19.5 Å². The first-order chi connectivity index (χ1) is 12.5. The van der Waals surface area contributed by atoms with Crippen molar-refractivity contribution in [3.8, 4) is 0 Å². The lowest BCUT2D eigenvalue weighted by Crippen LogP contribution is -2.51. The summed E-state index contributed by atoms with van der Waals surface area (Å²) in [6.07, 6.45) is 10.8. The summed E-state index contributed by atoms with van der Waals surface area (Å²) in [6.45, 7) is 0.713. The summed E-state index contributed by atoms with van der Waals surface area (Å²) in [5.41, 5.74) is -1.69. The predicted molar refractivity (Wildman–Crippen MR) is 95.2 cm³/mol. The lowest BCUT2D eigenvalue weighted by Gasteiger charge is -2.34. The predicted octanol–water partition coefficient (Wildman–Crippen LogP) is 1.64. The average molecular weight is 362 g/mol. The summed E-state index contributed by atoms with van der Waals surface area (Å²) in [4.78, 5) is 41.7. The first-order valence-electron chi connectivity index (χ1n) is 10.4. The van der Waals surface area contributed by atoms with E-state index >= 15 is 0 Å². The molecule has 4 rings (SSSR count). The second-order valence-corrected chi connectivity index (χ2v) is 8.63. The van der Waals surface area contributed by atoms with Crippen LogP contribution in [0.2, 0.25) is 0 Å². The molecule has 2 atom stereocenters. The van der Waals surface area contributed by atoms with Crippen LogP contribution in [0.25, 0.3) is 0 Å². The fourth-order valence-electron chi connectivity index (χ4n) is 5.54. The molecule has 2 aliphatic carbocycles. The molecule has 144 valence electrons. The molecule has 2 amide bonds. The van der Waals surface area contributed by atoms with E-state index in [2.05, 4.69) is 0 Å². The highest BCUT2D eigenvalue weighted by Gasteiger charge is 2.59. The van der Waals surface area contributed by atoms with E-state index in [0.717, 1.165) is 51.4 Å². The Kier molecular flexibility index (Phi) is 4.80. The van der Waals surface area contributed by atoms with Crippen molar-refractivity contribution in [3.63, 3.8) is 0 Å². The highest BCUT2D eigenvalue weighted by atomic mass is 16.3. The maximum absolute atomic E-state index is 13.0. The van der Waals surface area contributed by atoms with Crippen molar-refractivity contribution < 1.29 is 19.5 Å². The van der Waals surface area contributed by atoms with Crippen molar-refractivity contribution in [2.45, 2.75) is 88.3 Å². The largest absolute Gasteiger partial charge is 0.379 e. The Hall–Kier alpha value is -1.43. The van der Waals surface area contributed by atoms with Gasteiger partial charge in [-0.15, -0.1) is 0 Å². The van der Waals surface area contributed by atoms with Crippen molar-refractivity contribution in [2.24, 2.45) is 5.92 Å². The molecule has 26 heavy (non-hydrogen) atoms. The maximum Gasteiger partial charge on any atom is 0.290 e. The Morgan fingerprint density at radius 2 is 1.35 bits per heavy atom. The molecule has 0 aromatic heterocycles. The quantitative estimate of drug-likeness (QED) is 0.774. The molecule has 2 heterocycles. The van der Waals surface area contributed by atoms with Gasteiger partial charge in [0.05, 0.1) is 5.92 Å². The highest BCUT2D eigenvalue weighted by molar-refractivity contribution is 6.39. The van der Waals surface area contributed by atoms with Crippen molar-refractivity contribution in [3.05, 3.63) is 0 Å². The normalized spacial score (nSPS) is 35.0. The van der Waals surface area contributed by atoms with E-state index in [1.54, 1.807) is 9.80 Å². The van der Waals surface area contributed by atoms with Crippen LogP contribution < -0.4 is 0 Å². The number of hydrogen-bond donors (Lipinski definition) is 1. The number of aliphatic hydroxyl groups is 1. The fraction of sp³-hybridized carbons (Fsp3) is 0.850. The SMILES string of the molecule is O=C1C(=O)N(C2CCCCC2)C[C@@H]1[C@]1(O)CCN(C2CCCCC2)C1=O. The van der Waals surface area contributed by atoms with E-state index in [1.165, 1.54) is 12.8 Å². The van der Waals surface area contributed by atoms with Crippen LogP contribution in [0.15, 0.2) is 0 Å². The smallest absolute Gasteiger partial charge is 0.290 e. The minimum atomic E-state index is -1.69. The van der Waals surface area contributed by atoms with Gasteiger partial charge in [-0.1, -0.05) is 38.5 Å². The van der Waals surface area contributed by atoms with Gasteiger partial charge in [0, 0.05) is 31.6 Å². The van der Waals surface area contributed by atoms with Crippen LogP contribution in [-0.2, 0) is 14.4 Å². The van der Waals surface area contributed by atoms with E-state index < -0.39 is 23.2 Å². The summed E-state index contributed by atoms with van der Waals surface area (Å²) in [7, 11) is 0. The monoisotopic (exact) mass is 362 g/mol. The maximum atomic E-state index is 13.0. The zero-order valence-electron chi connectivity index (χ0n) is 15.5. The first kappa shape index (κ1) is 18.0. The van der Waals surface area contributed by atoms with Crippen molar-refractivity contribution in [1.82, 2.24) is 9.80 Å². The fourth-order valence-corrected chi connectivity index (χ4v) is 5.54. The summed E-state index contributed by atoms with van der Waals surface area (Å²) in [5, 5.41) is 11.2.